The number of amides is 1. The first-order chi connectivity index (χ1) is 9.22. The van der Waals surface area contributed by atoms with Crippen LogP contribution in [0.2, 0.25) is 0 Å². The molecule has 0 fully saturated rings. The quantitative estimate of drug-likeness (QED) is 0.679. The van der Waals surface area contributed by atoms with E-state index in [0.717, 1.165) is 19.5 Å². The molecule has 0 saturated carbocycles. The first-order valence-corrected chi connectivity index (χ1v) is 7.58. The monoisotopic (exact) mass is 380 g/mol. The highest BCUT2D eigenvalue weighted by Gasteiger charge is 2.06. The number of aromatic nitrogens is 1. The Morgan fingerprint density at radius 2 is 1.95 bits per heavy atom. The van der Waals surface area contributed by atoms with Gasteiger partial charge in [-0.25, -0.2) is 4.98 Å². The summed E-state index contributed by atoms with van der Waals surface area (Å²) >= 11 is 3.78. The van der Waals surface area contributed by atoms with Crippen LogP contribution in [0, 0.1) is 3.57 Å². The minimum absolute atomic E-state index is 0.0970. The van der Waals surface area contributed by atoms with E-state index < -0.39 is 0 Å². The fourth-order valence-electron chi connectivity index (χ4n) is 1.74. The molecular formula is C14H9IN2OS. The topological polar surface area (TPSA) is 42.0 Å². The van der Waals surface area contributed by atoms with Gasteiger partial charge in [-0.15, -0.1) is 11.3 Å². The lowest BCUT2D eigenvalue weighted by atomic mass is 10.2. The second-order valence-electron chi connectivity index (χ2n) is 4.00. The second kappa shape index (κ2) is 5.26. The van der Waals surface area contributed by atoms with Gasteiger partial charge >= 0.3 is 0 Å². The van der Waals surface area contributed by atoms with Gasteiger partial charge in [0, 0.05) is 14.8 Å². The summed E-state index contributed by atoms with van der Waals surface area (Å²) in [4.78, 5) is 16.3. The minimum Gasteiger partial charge on any atom is -0.322 e. The minimum atomic E-state index is -0.0970. The maximum absolute atomic E-state index is 12.1. The van der Waals surface area contributed by atoms with E-state index in [2.05, 4.69) is 32.9 Å². The normalized spacial score (nSPS) is 10.6. The molecule has 5 heteroatoms. The van der Waals surface area contributed by atoms with E-state index in [-0.39, 0.29) is 5.91 Å². The van der Waals surface area contributed by atoms with Gasteiger partial charge < -0.3 is 5.32 Å². The number of nitrogens with one attached hydrogen (secondary N) is 1. The number of thiazole rings is 1. The lowest BCUT2D eigenvalue weighted by Crippen LogP contribution is -2.11. The highest BCUT2D eigenvalue weighted by molar-refractivity contribution is 14.1. The predicted molar refractivity (Wildman–Crippen MR) is 86.7 cm³/mol. The number of hydrogen-bond acceptors (Lipinski definition) is 3. The Bertz CT molecular complexity index is 737. The fourth-order valence-corrected chi connectivity index (χ4v) is 2.81. The summed E-state index contributed by atoms with van der Waals surface area (Å²) < 4.78 is 2.18. The molecule has 0 radical (unpaired) electrons. The van der Waals surface area contributed by atoms with E-state index in [9.17, 15) is 4.79 Å². The van der Waals surface area contributed by atoms with Gasteiger partial charge in [0.15, 0.2) is 0 Å². The third-order valence-corrected chi connectivity index (χ3v) is 4.21. The van der Waals surface area contributed by atoms with Gasteiger partial charge in [0.05, 0.1) is 15.7 Å². The molecule has 0 aliphatic heterocycles. The van der Waals surface area contributed by atoms with Crippen LogP contribution in [-0.2, 0) is 0 Å². The summed E-state index contributed by atoms with van der Waals surface area (Å²) in [5.74, 6) is -0.0970. The van der Waals surface area contributed by atoms with Crippen LogP contribution < -0.4 is 5.32 Å². The van der Waals surface area contributed by atoms with Crippen molar-refractivity contribution in [2.75, 3.05) is 5.32 Å². The zero-order valence-corrected chi connectivity index (χ0v) is 12.7. The maximum Gasteiger partial charge on any atom is 0.255 e. The van der Waals surface area contributed by atoms with E-state index in [4.69, 9.17) is 0 Å². The molecular weight excluding hydrogens is 371 g/mol. The zero-order chi connectivity index (χ0) is 13.2. The molecule has 0 saturated heterocycles. The third kappa shape index (κ3) is 2.76. The summed E-state index contributed by atoms with van der Waals surface area (Å²) in [5, 5.41) is 2.90. The molecule has 1 amide bonds. The second-order valence-corrected chi connectivity index (χ2v) is 6.13. The van der Waals surface area contributed by atoms with Crippen LogP contribution in [0.3, 0.4) is 0 Å². The third-order valence-electron chi connectivity index (χ3n) is 2.70. The molecule has 1 aromatic heterocycles. The molecule has 3 rings (SSSR count). The first kappa shape index (κ1) is 12.6. The highest BCUT2D eigenvalue weighted by atomic mass is 127. The van der Waals surface area contributed by atoms with Gasteiger partial charge in [0.1, 0.15) is 0 Å². The van der Waals surface area contributed by atoms with Crippen molar-refractivity contribution in [1.29, 1.82) is 0 Å². The van der Waals surface area contributed by atoms with Gasteiger partial charge in [-0.05, 0) is 65.1 Å². The molecule has 0 aliphatic carbocycles. The lowest BCUT2D eigenvalue weighted by molar-refractivity contribution is 0.102. The Morgan fingerprint density at radius 3 is 2.74 bits per heavy atom. The molecule has 0 spiro atoms. The Morgan fingerprint density at radius 1 is 1.16 bits per heavy atom. The predicted octanol–water partition coefficient (Wildman–Crippen LogP) is 4.15. The standard InChI is InChI=1S/C14H9IN2OS/c15-10-3-1-9(2-4-10)14(18)17-11-5-6-12-13(7-11)19-8-16-12/h1-8H,(H,17,18). The average molecular weight is 380 g/mol. The van der Waals surface area contributed by atoms with Crippen LogP contribution in [0.5, 0.6) is 0 Å². The van der Waals surface area contributed by atoms with Crippen molar-refractivity contribution in [2.45, 2.75) is 0 Å². The summed E-state index contributed by atoms with van der Waals surface area (Å²) in [6, 6.07) is 13.2. The molecule has 19 heavy (non-hydrogen) atoms. The number of fused-ring (bicyclic) bond motifs is 1. The van der Waals surface area contributed by atoms with Gasteiger partial charge in [-0.1, -0.05) is 0 Å². The van der Waals surface area contributed by atoms with Crippen LogP contribution in [0.1, 0.15) is 10.4 Å². The van der Waals surface area contributed by atoms with Crippen molar-refractivity contribution >= 4 is 55.7 Å². The number of carbonyl (C=O) groups is 1. The Labute approximate surface area is 127 Å². The van der Waals surface area contributed by atoms with E-state index in [1.54, 1.807) is 16.8 Å². The molecule has 0 atom stereocenters. The first-order valence-electron chi connectivity index (χ1n) is 5.62. The Kier molecular flexibility index (Phi) is 3.48. The van der Waals surface area contributed by atoms with Crippen molar-refractivity contribution in [1.82, 2.24) is 4.98 Å². The number of anilines is 1. The van der Waals surface area contributed by atoms with Crippen LogP contribution in [0.25, 0.3) is 10.2 Å². The fraction of sp³-hybridized carbons (Fsp3) is 0. The molecule has 1 N–H and O–H groups in total. The van der Waals surface area contributed by atoms with Crippen molar-refractivity contribution in [3.63, 3.8) is 0 Å². The number of hydrogen-bond donors (Lipinski definition) is 1. The number of carbonyl (C=O) groups excluding carboxylic acids is 1. The molecule has 2 aromatic carbocycles. The van der Waals surface area contributed by atoms with Crippen molar-refractivity contribution in [2.24, 2.45) is 0 Å². The summed E-state index contributed by atoms with van der Waals surface area (Å²) in [5.41, 5.74) is 4.21. The average Bonchev–Trinajstić information content (AvgIpc) is 2.87. The van der Waals surface area contributed by atoms with Gasteiger partial charge in [0.25, 0.3) is 5.91 Å². The number of benzene rings is 2. The molecule has 0 bridgehead atoms. The van der Waals surface area contributed by atoms with E-state index >= 15 is 0 Å². The van der Waals surface area contributed by atoms with E-state index in [1.807, 2.05) is 42.5 Å². The van der Waals surface area contributed by atoms with Gasteiger partial charge in [0.2, 0.25) is 0 Å². The Hall–Kier alpha value is -1.47. The largest absolute Gasteiger partial charge is 0.322 e. The molecule has 0 unspecified atom stereocenters. The molecule has 3 aromatic rings. The Balaban J connectivity index is 1.83. The lowest BCUT2D eigenvalue weighted by Gasteiger charge is -2.05. The molecule has 94 valence electrons. The molecule has 3 nitrogen and oxygen atoms in total. The highest BCUT2D eigenvalue weighted by Crippen LogP contribution is 2.22. The summed E-state index contributed by atoms with van der Waals surface area (Å²) in [6.07, 6.45) is 0. The SMILES string of the molecule is O=C(Nc1ccc2ncsc2c1)c1ccc(I)cc1. The summed E-state index contributed by atoms with van der Waals surface area (Å²) in [6.45, 7) is 0. The molecule has 0 aliphatic rings. The molecule has 1 heterocycles. The van der Waals surface area contributed by atoms with E-state index in [0.29, 0.717) is 5.56 Å². The summed E-state index contributed by atoms with van der Waals surface area (Å²) in [7, 11) is 0. The van der Waals surface area contributed by atoms with Crippen LogP contribution >= 0.6 is 33.9 Å². The number of halogens is 1. The van der Waals surface area contributed by atoms with Gasteiger partial charge in [-0.2, -0.15) is 0 Å². The van der Waals surface area contributed by atoms with Crippen molar-refractivity contribution in [3.8, 4) is 0 Å². The van der Waals surface area contributed by atoms with Crippen LogP contribution in [0.4, 0.5) is 5.69 Å². The van der Waals surface area contributed by atoms with Crippen molar-refractivity contribution < 1.29 is 4.79 Å². The zero-order valence-electron chi connectivity index (χ0n) is 9.76. The number of nitrogens with zero attached hydrogens (tertiary/aromatic N) is 1. The smallest absolute Gasteiger partial charge is 0.255 e. The maximum atomic E-state index is 12.1. The van der Waals surface area contributed by atoms with Crippen LogP contribution in [0.15, 0.2) is 48.0 Å². The number of rotatable bonds is 2. The van der Waals surface area contributed by atoms with Crippen molar-refractivity contribution in [3.05, 3.63) is 57.1 Å². The van der Waals surface area contributed by atoms with Crippen LogP contribution in [-0.4, -0.2) is 10.9 Å². The van der Waals surface area contributed by atoms with Gasteiger partial charge in [-0.3, -0.25) is 4.79 Å². The van der Waals surface area contributed by atoms with E-state index in [1.165, 1.54) is 0 Å².